The molecule has 0 amide bonds. The molecule has 2 rings (SSSR count). The highest BCUT2D eigenvalue weighted by molar-refractivity contribution is 6.02. The number of nitrogens with zero attached hydrogens (tertiary/aromatic N) is 1. The molecule has 7 heteroatoms. The molecule has 2 aromatic carbocycles. The third kappa shape index (κ3) is 7.66. The van der Waals surface area contributed by atoms with Crippen LogP contribution in [0.3, 0.4) is 0 Å². The van der Waals surface area contributed by atoms with Crippen LogP contribution in [0.4, 0.5) is 0 Å². The molecule has 0 fully saturated rings. The SMILES string of the molecule is COc1cc(/C=C/C(=O)C=C(O)/C=C/c2ccc(O)c(CN(C)C)c2)ccc1O.Cl. The zero-order valence-electron chi connectivity index (χ0n) is 17.1. The Kier molecular flexibility index (Phi) is 9.68. The van der Waals surface area contributed by atoms with Crippen molar-refractivity contribution in [3.05, 3.63) is 77.1 Å². The number of aliphatic hydroxyl groups is 1. The minimum atomic E-state index is -0.391. The Morgan fingerprint density at radius 1 is 1.00 bits per heavy atom. The van der Waals surface area contributed by atoms with Crippen molar-refractivity contribution >= 4 is 30.3 Å². The number of ketones is 1. The van der Waals surface area contributed by atoms with E-state index in [0.717, 1.165) is 17.2 Å². The Hall–Kier alpha value is -3.22. The minimum Gasteiger partial charge on any atom is -0.508 e. The standard InChI is InChI=1S/C23H25NO5.ClH/c1-24(2)15-18-12-16(6-10-21(18)27)4-8-19(25)14-20(26)9-5-17-7-11-22(28)23(13-17)29-3;/h4-14,25,27-28H,15H2,1-3H3;1H/b8-4+,9-5+,19-14?;. The van der Waals surface area contributed by atoms with Gasteiger partial charge >= 0.3 is 0 Å². The van der Waals surface area contributed by atoms with Crippen molar-refractivity contribution in [1.82, 2.24) is 4.90 Å². The first-order valence-corrected chi connectivity index (χ1v) is 8.93. The molecule has 0 aromatic heterocycles. The van der Waals surface area contributed by atoms with E-state index in [1.165, 1.54) is 25.3 Å². The minimum absolute atomic E-state index is 0. The Labute approximate surface area is 182 Å². The molecule has 0 radical (unpaired) electrons. The first kappa shape index (κ1) is 24.8. The summed E-state index contributed by atoms with van der Waals surface area (Å²) in [5.74, 6) is -0.0461. The maximum absolute atomic E-state index is 12.0. The lowest BCUT2D eigenvalue weighted by Gasteiger charge is -2.11. The summed E-state index contributed by atoms with van der Waals surface area (Å²) in [6.07, 6.45) is 7.05. The highest BCUT2D eigenvalue weighted by Crippen LogP contribution is 2.26. The van der Waals surface area contributed by atoms with Gasteiger partial charge in [0.2, 0.25) is 0 Å². The summed E-state index contributed by atoms with van der Waals surface area (Å²) in [6.45, 7) is 0.584. The molecule has 2 aromatic rings. The summed E-state index contributed by atoms with van der Waals surface area (Å²) in [7, 11) is 5.26. The molecule has 0 saturated heterocycles. The Balaban J connectivity index is 0.00000450. The molecule has 0 saturated carbocycles. The van der Waals surface area contributed by atoms with Crippen LogP contribution in [0.2, 0.25) is 0 Å². The highest BCUT2D eigenvalue weighted by Gasteiger charge is 2.04. The lowest BCUT2D eigenvalue weighted by molar-refractivity contribution is -0.110. The van der Waals surface area contributed by atoms with Crippen molar-refractivity contribution in [2.45, 2.75) is 6.54 Å². The molecular formula is C23H26ClNO5. The number of rotatable bonds is 8. The topological polar surface area (TPSA) is 90.2 Å². The van der Waals surface area contributed by atoms with Crippen LogP contribution in [-0.2, 0) is 11.3 Å². The smallest absolute Gasteiger partial charge is 0.182 e. The summed E-state index contributed by atoms with van der Waals surface area (Å²) in [5.41, 5.74) is 2.23. The number of carbonyl (C=O) groups is 1. The van der Waals surface area contributed by atoms with Gasteiger partial charge in [-0.05, 0) is 61.6 Å². The number of ether oxygens (including phenoxy) is 1. The number of phenols is 2. The van der Waals surface area contributed by atoms with E-state index in [4.69, 9.17) is 4.74 Å². The average Bonchev–Trinajstić information content (AvgIpc) is 2.67. The number of allylic oxidation sites excluding steroid dienone is 3. The molecule has 0 unspecified atom stereocenters. The first-order chi connectivity index (χ1) is 13.8. The van der Waals surface area contributed by atoms with E-state index in [2.05, 4.69) is 0 Å². The zero-order chi connectivity index (χ0) is 21.4. The van der Waals surface area contributed by atoms with Gasteiger partial charge in [-0.15, -0.1) is 12.4 Å². The highest BCUT2D eigenvalue weighted by atomic mass is 35.5. The van der Waals surface area contributed by atoms with Gasteiger partial charge in [0.25, 0.3) is 0 Å². The van der Waals surface area contributed by atoms with Crippen molar-refractivity contribution < 1.29 is 24.9 Å². The molecule has 30 heavy (non-hydrogen) atoms. The molecule has 0 bridgehead atoms. The molecule has 0 heterocycles. The third-order valence-electron chi connectivity index (χ3n) is 3.97. The lowest BCUT2D eigenvalue weighted by atomic mass is 10.1. The normalized spacial score (nSPS) is 11.8. The fraction of sp³-hybridized carbons (Fsp3) is 0.174. The molecule has 0 spiro atoms. The summed E-state index contributed by atoms with van der Waals surface area (Å²) in [4.78, 5) is 13.9. The maximum Gasteiger partial charge on any atom is 0.182 e. The summed E-state index contributed by atoms with van der Waals surface area (Å²) in [5, 5.41) is 29.4. The number of hydrogen-bond donors (Lipinski definition) is 3. The molecule has 6 nitrogen and oxygen atoms in total. The van der Waals surface area contributed by atoms with Crippen molar-refractivity contribution in [2.75, 3.05) is 21.2 Å². The van der Waals surface area contributed by atoms with Crippen molar-refractivity contribution in [3.8, 4) is 17.2 Å². The van der Waals surface area contributed by atoms with E-state index in [9.17, 15) is 20.1 Å². The van der Waals surface area contributed by atoms with E-state index in [1.54, 1.807) is 36.4 Å². The second-order valence-electron chi connectivity index (χ2n) is 6.70. The second kappa shape index (κ2) is 11.7. The maximum atomic E-state index is 12.0. The van der Waals surface area contributed by atoms with Gasteiger partial charge in [-0.1, -0.05) is 24.3 Å². The average molecular weight is 432 g/mol. The van der Waals surface area contributed by atoms with Gasteiger partial charge in [-0.2, -0.15) is 0 Å². The number of halogens is 1. The van der Waals surface area contributed by atoms with E-state index in [0.29, 0.717) is 17.9 Å². The lowest BCUT2D eigenvalue weighted by Crippen LogP contribution is -2.10. The van der Waals surface area contributed by atoms with Crippen LogP contribution in [0.25, 0.3) is 12.2 Å². The number of benzene rings is 2. The Morgan fingerprint density at radius 3 is 2.23 bits per heavy atom. The van der Waals surface area contributed by atoms with Crippen LogP contribution in [0, 0.1) is 0 Å². The van der Waals surface area contributed by atoms with E-state index in [1.807, 2.05) is 25.1 Å². The van der Waals surface area contributed by atoms with Gasteiger partial charge in [0, 0.05) is 18.2 Å². The van der Waals surface area contributed by atoms with Crippen molar-refractivity contribution in [1.29, 1.82) is 0 Å². The summed E-state index contributed by atoms with van der Waals surface area (Å²) in [6, 6.07) is 9.84. The molecule has 3 N–H and O–H groups in total. The van der Waals surface area contributed by atoms with Crippen LogP contribution in [0.1, 0.15) is 16.7 Å². The van der Waals surface area contributed by atoms with Crippen molar-refractivity contribution in [3.63, 3.8) is 0 Å². The Bertz CT molecular complexity index is 964. The zero-order valence-corrected chi connectivity index (χ0v) is 17.9. The van der Waals surface area contributed by atoms with E-state index < -0.39 is 5.78 Å². The number of methoxy groups -OCH3 is 1. The molecule has 160 valence electrons. The number of hydrogen-bond acceptors (Lipinski definition) is 6. The van der Waals surface area contributed by atoms with E-state index >= 15 is 0 Å². The van der Waals surface area contributed by atoms with Gasteiger partial charge in [0.15, 0.2) is 17.3 Å². The van der Waals surface area contributed by atoms with Gasteiger partial charge in [-0.3, -0.25) is 4.79 Å². The quantitative estimate of drug-likeness (QED) is 0.327. The number of aliphatic hydroxyl groups excluding tert-OH is 1. The summed E-state index contributed by atoms with van der Waals surface area (Å²) < 4.78 is 5.02. The van der Waals surface area contributed by atoms with Gasteiger partial charge in [0.1, 0.15) is 11.5 Å². The summed E-state index contributed by atoms with van der Waals surface area (Å²) >= 11 is 0. The fourth-order valence-electron chi connectivity index (χ4n) is 2.58. The van der Waals surface area contributed by atoms with Gasteiger partial charge in [-0.25, -0.2) is 0 Å². The van der Waals surface area contributed by atoms with Crippen LogP contribution in [-0.4, -0.2) is 47.2 Å². The van der Waals surface area contributed by atoms with Crippen LogP contribution < -0.4 is 4.74 Å². The largest absolute Gasteiger partial charge is 0.508 e. The van der Waals surface area contributed by atoms with Crippen LogP contribution >= 0.6 is 12.4 Å². The number of aromatic hydroxyl groups is 2. The molecule has 0 aliphatic heterocycles. The number of carbonyl (C=O) groups excluding carboxylic acids is 1. The van der Waals surface area contributed by atoms with Crippen LogP contribution in [0.15, 0.2) is 60.4 Å². The number of phenolic OH excluding ortho intramolecular Hbond substituents is 2. The van der Waals surface area contributed by atoms with Gasteiger partial charge in [0.05, 0.1) is 7.11 Å². The molecular weight excluding hydrogens is 406 g/mol. The van der Waals surface area contributed by atoms with E-state index in [-0.39, 0.29) is 29.7 Å². The third-order valence-corrected chi connectivity index (χ3v) is 3.97. The first-order valence-electron chi connectivity index (χ1n) is 8.93. The van der Waals surface area contributed by atoms with Gasteiger partial charge < -0.3 is 25.0 Å². The Morgan fingerprint density at radius 2 is 1.60 bits per heavy atom. The second-order valence-corrected chi connectivity index (χ2v) is 6.70. The molecule has 0 atom stereocenters. The predicted octanol–water partition coefficient (Wildman–Crippen LogP) is 4.33. The predicted molar refractivity (Wildman–Crippen MR) is 121 cm³/mol. The monoisotopic (exact) mass is 431 g/mol. The molecule has 0 aliphatic rings. The molecule has 0 aliphatic carbocycles. The van der Waals surface area contributed by atoms with Crippen LogP contribution in [0.5, 0.6) is 17.2 Å². The van der Waals surface area contributed by atoms with Crippen molar-refractivity contribution in [2.24, 2.45) is 0 Å². The fourth-order valence-corrected chi connectivity index (χ4v) is 2.58.